The van der Waals surface area contributed by atoms with Crippen molar-refractivity contribution in [3.63, 3.8) is 0 Å². The van der Waals surface area contributed by atoms with Gasteiger partial charge in [-0.2, -0.15) is 4.57 Å². The Balaban J connectivity index is 1.99. The summed E-state index contributed by atoms with van der Waals surface area (Å²) in [6, 6.07) is 10.6. The summed E-state index contributed by atoms with van der Waals surface area (Å²) in [5.41, 5.74) is 1.28. The lowest BCUT2D eigenvalue weighted by molar-refractivity contribution is -0.699. The van der Waals surface area contributed by atoms with E-state index in [0.29, 0.717) is 0 Å². The summed E-state index contributed by atoms with van der Waals surface area (Å²) in [5.74, 6) is 0. The van der Waals surface area contributed by atoms with Crippen molar-refractivity contribution in [3.05, 3.63) is 52.5 Å². The van der Waals surface area contributed by atoms with Gasteiger partial charge < -0.3 is 0 Å². The van der Waals surface area contributed by atoms with Crippen molar-refractivity contribution >= 4 is 23.5 Å². The molecule has 0 saturated heterocycles. The van der Waals surface area contributed by atoms with Crippen LogP contribution in [-0.2, 0) is 6.54 Å². The third kappa shape index (κ3) is 4.64. The molecule has 0 unspecified atom stereocenters. The van der Waals surface area contributed by atoms with E-state index in [9.17, 15) is 0 Å². The lowest BCUT2D eigenvalue weighted by Gasteiger charge is -2.00. The average Bonchev–Trinajstić information content (AvgIpc) is 2.96. The summed E-state index contributed by atoms with van der Waals surface area (Å²) in [6.45, 7) is 3.37. The second kappa shape index (κ2) is 7.90. The first-order valence-corrected chi connectivity index (χ1v) is 7.98. The number of aryl methyl sites for hydroxylation is 1. The largest absolute Gasteiger partial charge is 0.205 e. The van der Waals surface area contributed by atoms with Gasteiger partial charge in [-0.1, -0.05) is 25.8 Å². The molecule has 0 aliphatic carbocycles. The van der Waals surface area contributed by atoms with Crippen molar-refractivity contribution in [2.75, 3.05) is 0 Å². The smallest absolute Gasteiger partial charge is 0.199 e. The van der Waals surface area contributed by atoms with E-state index in [1.165, 1.54) is 36.3 Å². The highest BCUT2D eigenvalue weighted by Gasteiger charge is 2.05. The molecule has 2 heteroatoms. The molecule has 0 spiro atoms. The third-order valence-electron chi connectivity index (χ3n) is 3.19. The van der Waals surface area contributed by atoms with Crippen LogP contribution in [0.2, 0.25) is 0 Å². The first kappa shape index (κ1) is 14.0. The maximum atomic E-state index is 2.35. The second-order valence-electron chi connectivity index (χ2n) is 4.73. The zero-order chi connectivity index (χ0) is 13.3. The van der Waals surface area contributed by atoms with Crippen LogP contribution in [0, 0.1) is 0 Å². The standard InChI is InChI=1S/C17H22NS/c1-2-3-4-6-13-18-14-7-5-9-16(18)11-12-17-10-8-15-19-17/h5,7-12,14-15H,2-4,6,13H2,1H3/q+1/b12-11+. The number of rotatable bonds is 7. The van der Waals surface area contributed by atoms with Gasteiger partial charge in [0.2, 0.25) is 5.69 Å². The summed E-state index contributed by atoms with van der Waals surface area (Å²) in [5, 5.41) is 2.11. The number of unbranched alkanes of at least 4 members (excludes halogenated alkanes) is 3. The molecule has 2 heterocycles. The van der Waals surface area contributed by atoms with E-state index in [-0.39, 0.29) is 0 Å². The van der Waals surface area contributed by atoms with Crippen molar-refractivity contribution in [1.82, 2.24) is 0 Å². The fourth-order valence-electron chi connectivity index (χ4n) is 2.11. The normalized spacial score (nSPS) is 11.2. The average molecular weight is 272 g/mol. The maximum Gasteiger partial charge on any atom is 0.205 e. The minimum Gasteiger partial charge on any atom is -0.199 e. The van der Waals surface area contributed by atoms with Crippen LogP contribution in [0.15, 0.2) is 41.9 Å². The van der Waals surface area contributed by atoms with Crippen molar-refractivity contribution in [2.24, 2.45) is 0 Å². The van der Waals surface area contributed by atoms with Gasteiger partial charge in [0.1, 0.15) is 6.54 Å². The van der Waals surface area contributed by atoms with Crippen LogP contribution in [-0.4, -0.2) is 0 Å². The van der Waals surface area contributed by atoms with Gasteiger partial charge in [-0.25, -0.2) is 0 Å². The maximum absolute atomic E-state index is 2.35. The van der Waals surface area contributed by atoms with Crippen LogP contribution in [0.3, 0.4) is 0 Å². The molecule has 0 atom stereocenters. The van der Waals surface area contributed by atoms with Crippen LogP contribution in [0.5, 0.6) is 0 Å². The lowest BCUT2D eigenvalue weighted by Crippen LogP contribution is -2.36. The first-order valence-electron chi connectivity index (χ1n) is 7.10. The van der Waals surface area contributed by atoms with Crippen LogP contribution in [0.25, 0.3) is 12.2 Å². The molecule has 2 aromatic rings. The van der Waals surface area contributed by atoms with E-state index >= 15 is 0 Å². The minimum atomic E-state index is 1.12. The van der Waals surface area contributed by atoms with Gasteiger partial charge in [-0.05, 0) is 30.0 Å². The van der Waals surface area contributed by atoms with Gasteiger partial charge >= 0.3 is 0 Å². The van der Waals surface area contributed by atoms with Crippen LogP contribution in [0.1, 0.15) is 43.2 Å². The van der Waals surface area contributed by atoms with E-state index in [2.05, 4.69) is 65.6 Å². The molecule has 19 heavy (non-hydrogen) atoms. The summed E-state index contributed by atoms with van der Waals surface area (Å²) >= 11 is 1.78. The minimum absolute atomic E-state index is 1.12. The first-order chi connectivity index (χ1) is 9.40. The Morgan fingerprint density at radius 2 is 2.00 bits per heavy atom. The molecule has 0 saturated carbocycles. The summed E-state index contributed by atoms with van der Waals surface area (Å²) in [7, 11) is 0. The molecule has 2 rings (SSSR count). The SMILES string of the molecule is CCCCCC[n+]1ccccc1/C=C/c1cccs1. The highest BCUT2D eigenvalue weighted by atomic mass is 32.1. The van der Waals surface area contributed by atoms with Gasteiger partial charge in [0.15, 0.2) is 6.20 Å². The topological polar surface area (TPSA) is 3.88 Å². The molecule has 100 valence electrons. The number of aromatic nitrogens is 1. The number of pyridine rings is 1. The number of thiophene rings is 1. The Morgan fingerprint density at radius 3 is 2.79 bits per heavy atom. The van der Waals surface area contributed by atoms with Gasteiger partial charge in [0.25, 0.3) is 0 Å². The summed E-state index contributed by atoms with van der Waals surface area (Å²) in [6.07, 6.45) is 11.8. The van der Waals surface area contributed by atoms with Gasteiger partial charge in [-0.15, -0.1) is 11.3 Å². The number of hydrogen-bond donors (Lipinski definition) is 0. The molecule has 0 amide bonds. The molecule has 2 aromatic heterocycles. The molecule has 0 aliphatic heterocycles. The zero-order valence-electron chi connectivity index (χ0n) is 11.6. The van der Waals surface area contributed by atoms with E-state index < -0.39 is 0 Å². The molecule has 1 nitrogen and oxygen atoms in total. The van der Waals surface area contributed by atoms with E-state index in [1.54, 1.807) is 11.3 Å². The van der Waals surface area contributed by atoms with Crippen molar-refractivity contribution in [3.8, 4) is 0 Å². The Morgan fingerprint density at radius 1 is 1.05 bits per heavy atom. The monoisotopic (exact) mass is 272 g/mol. The van der Waals surface area contributed by atoms with E-state index in [4.69, 9.17) is 0 Å². The molecule has 0 bridgehead atoms. The molecule has 0 N–H and O–H groups in total. The lowest BCUT2D eigenvalue weighted by atomic mass is 10.2. The number of hydrogen-bond acceptors (Lipinski definition) is 1. The molecule has 0 radical (unpaired) electrons. The van der Waals surface area contributed by atoms with Crippen LogP contribution < -0.4 is 4.57 Å². The Hall–Kier alpha value is -1.41. The highest BCUT2D eigenvalue weighted by Crippen LogP contribution is 2.12. The predicted molar refractivity (Wildman–Crippen MR) is 84.0 cm³/mol. The third-order valence-corrected chi connectivity index (χ3v) is 4.03. The van der Waals surface area contributed by atoms with E-state index in [1.807, 2.05) is 0 Å². The Labute approximate surface area is 120 Å². The van der Waals surface area contributed by atoms with E-state index in [0.717, 1.165) is 6.54 Å². The summed E-state index contributed by atoms with van der Waals surface area (Å²) in [4.78, 5) is 1.31. The quantitative estimate of drug-likeness (QED) is 0.504. The number of nitrogens with zero attached hydrogens (tertiary/aromatic N) is 1. The van der Waals surface area contributed by atoms with Gasteiger partial charge in [0.05, 0.1) is 0 Å². The molecular formula is C17H22NS+. The predicted octanol–water partition coefficient (Wildman–Crippen LogP) is 4.79. The van der Waals surface area contributed by atoms with Gasteiger partial charge in [-0.3, -0.25) is 0 Å². The Bertz CT molecular complexity index is 500. The zero-order valence-corrected chi connectivity index (χ0v) is 12.4. The van der Waals surface area contributed by atoms with Gasteiger partial charge in [0, 0.05) is 29.5 Å². The highest BCUT2D eigenvalue weighted by molar-refractivity contribution is 7.10. The van der Waals surface area contributed by atoms with Crippen LogP contribution in [0.4, 0.5) is 0 Å². The van der Waals surface area contributed by atoms with Crippen molar-refractivity contribution in [2.45, 2.75) is 39.2 Å². The Kier molecular flexibility index (Phi) is 5.83. The molecular weight excluding hydrogens is 250 g/mol. The van der Waals surface area contributed by atoms with Crippen molar-refractivity contribution in [1.29, 1.82) is 0 Å². The molecule has 0 aliphatic rings. The van der Waals surface area contributed by atoms with Crippen LogP contribution >= 0.6 is 11.3 Å². The molecule has 0 aromatic carbocycles. The molecule has 0 fully saturated rings. The second-order valence-corrected chi connectivity index (χ2v) is 5.71. The fraction of sp³-hybridized carbons (Fsp3) is 0.353. The van der Waals surface area contributed by atoms with Crippen molar-refractivity contribution < 1.29 is 4.57 Å². The fourth-order valence-corrected chi connectivity index (χ4v) is 2.73. The summed E-state index contributed by atoms with van der Waals surface area (Å²) < 4.78 is 2.35.